The predicted molar refractivity (Wildman–Crippen MR) is 147 cm³/mol. The van der Waals surface area contributed by atoms with Gasteiger partial charge in [-0.05, 0) is 61.5 Å². The zero-order chi connectivity index (χ0) is 27.0. The number of benzene rings is 2. The Kier molecular flexibility index (Phi) is 5.99. The first kappa shape index (κ1) is 24.2. The molecule has 1 N–H and O–H groups in total. The number of rotatable bonds is 7. The highest BCUT2D eigenvalue weighted by molar-refractivity contribution is 5.96. The molecule has 0 radical (unpaired) electrons. The van der Waals surface area contributed by atoms with E-state index in [2.05, 4.69) is 55.2 Å². The van der Waals surface area contributed by atoms with Crippen LogP contribution in [-0.4, -0.2) is 50.5 Å². The number of carbonyl (C=O) groups excluding carboxylic acids is 1. The normalized spacial score (nSPS) is 14.7. The maximum Gasteiger partial charge on any atom is 0.259 e. The van der Waals surface area contributed by atoms with Crippen molar-refractivity contribution in [3.63, 3.8) is 0 Å². The molecule has 39 heavy (non-hydrogen) atoms. The van der Waals surface area contributed by atoms with Crippen molar-refractivity contribution in [1.29, 1.82) is 0 Å². The maximum atomic E-state index is 15.0. The molecule has 0 unspecified atom stereocenters. The molecule has 0 atom stereocenters. The second kappa shape index (κ2) is 9.64. The average Bonchev–Trinajstić information content (AvgIpc) is 3.66. The third-order valence-electron chi connectivity index (χ3n) is 6.93. The number of nitrogens with zero attached hydrogens (tertiary/aromatic N) is 7. The Morgan fingerprint density at radius 2 is 1.97 bits per heavy atom. The van der Waals surface area contributed by atoms with Crippen molar-refractivity contribution < 1.29 is 9.18 Å². The molecular weight excluding hydrogens is 495 g/mol. The Labute approximate surface area is 222 Å². The molecule has 1 amide bonds. The average molecular weight is 519 g/mol. The fraction of sp³-hybridized carbons (Fsp3) is 0.138. The van der Waals surface area contributed by atoms with Crippen LogP contribution < -0.4 is 5.32 Å². The largest absolute Gasteiger partial charge is 0.306 e. The minimum absolute atomic E-state index is 0.137. The number of aromatic nitrogens is 5. The number of amides is 1. The van der Waals surface area contributed by atoms with Crippen LogP contribution in [0, 0.1) is 5.82 Å². The van der Waals surface area contributed by atoms with Crippen molar-refractivity contribution in [2.75, 3.05) is 7.05 Å². The summed E-state index contributed by atoms with van der Waals surface area (Å²) in [4.78, 5) is 33.5. The molecule has 2 aromatic carbocycles. The topological polar surface area (TPSA) is 110 Å². The Bertz CT molecular complexity index is 1820. The van der Waals surface area contributed by atoms with Crippen molar-refractivity contribution in [2.24, 2.45) is 9.98 Å². The third-order valence-corrected chi connectivity index (χ3v) is 6.93. The molecule has 0 saturated heterocycles. The second-order valence-corrected chi connectivity index (χ2v) is 9.26. The highest BCUT2D eigenvalue weighted by atomic mass is 19.1. The van der Waals surface area contributed by atoms with E-state index in [9.17, 15) is 4.79 Å². The van der Waals surface area contributed by atoms with Gasteiger partial charge in [-0.2, -0.15) is 9.61 Å². The van der Waals surface area contributed by atoms with E-state index in [0.29, 0.717) is 17.0 Å². The Balaban J connectivity index is 1.33. The Morgan fingerprint density at radius 1 is 1.13 bits per heavy atom. The Morgan fingerprint density at radius 3 is 2.74 bits per heavy atom. The molecule has 0 bridgehead atoms. The summed E-state index contributed by atoms with van der Waals surface area (Å²) in [5.74, 6) is -0.726. The van der Waals surface area contributed by atoms with Crippen molar-refractivity contribution in [1.82, 2.24) is 29.9 Å². The summed E-state index contributed by atoms with van der Waals surface area (Å²) in [6.07, 6.45) is 9.98. The molecule has 5 aromatic rings. The van der Waals surface area contributed by atoms with Crippen LogP contribution in [0.2, 0.25) is 0 Å². The number of allylic oxidation sites excluding steroid dienone is 1. The molecular formula is C29H23FN8O. The number of nitrogens with one attached hydrogen (secondary N) is 1. The van der Waals surface area contributed by atoms with Gasteiger partial charge < -0.3 is 5.32 Å². The third kappa shape index (κ3) is 4.35. The number of carbonyl (C=O) groups is 1. The summed E-state index contributed by atoms with van der Waals surface area (Å²) in [7, 11) is 1.58. The summed E-state index contributed by atoms with van der Waals surface area (Å²) >= 11 is 0. The van der Waals surface area contributed by atoms with Gasteiger partial charge in [-0.1, -0.05) is 18.2 Å². The number of imidazole rings is 1. The second-order valence-electron chi connectivity index (χ2n) is 9.26. The molecule has 6 rings (SSSR count). The summed E-state index contributed by atoms with van der Waals surface area (Å²) in [6, 6.07) is 14.6. The highest BCUT2D eigenvalue weighted by Crippen LogP contribution is 2.53. The van der Waals surface area contributed by atoms with Crippen molar-refractivity contribution in [3.8, 4) is 11.3 Å². The van der Waals surface area contributed by atoms with E-state index in [-0.39, 0.29) is 16.8 Å². The molecule has 1 saturated carbocycles. The molecule has 0 spiro atoms. The van der Waals surface area contributed by atoms with Crippen molar-refractivity contribution in [3.05, 3.63) is 102 Å². The van der Waals surface area contributed by atoms with Gasteiger partial charge >= 0.3 is 0 Å². The van der Waals surface area contributed by atoms with Crippen LogP contribution in [0.3, 0.4) is 0 Å². The zero-order valence-corrected chi connectivity index (χ0v) is 21.0. The van der Waals surface area contributed by atoms with Crippen LogP contribution in [0.15, 0.2) is 89.0 Å². The van der Waals surface area contributed by atoms with E-state index in [4.69, 9.17) is 5.10 Å². The first-order valence-corrected chi connectivity index (χ1v) is 12.3. The van der Waals surface area contributed by atoms with Crippen LogP contribution >= 0.6 is 0 Å². The lowest BCUT2D eigenvalue weighted by atomic mass is 9.91. The monoisotopic (exact) mass is 518 g/mol. The number of pyridine rings is 1. The summed E-state index contributed by atoms with van der Waals surface area (Å²) in [5, 5.41) is 8.36. The van der Waals surface area contributed by atoms with E-state index in [1.54, 1.807) is 30.0 Å². The standard InChI is InChI=1S/C29H23FN8O/c1-31-13-9-26(32-2)36-27(39)21-7-5-19(15-22(21)30)24-16-34-28-35-17-25(38(28)37-24)29(10-11-29)20-6-8-23-18(14-20)4-3-12-33-23/h3-9,12-17H,2,10-11H2,1H3,(H,36,39)/b26-9+,31-13-. The van der Waals surface area contributed by atoms with Gasteiger partial charge in [-0.25, -0.2) is 19.4 Å². The number of halogens is 1. The lowest BCUT2D eigenvalue weighted by Gasteiger charge is -2.16. The number of hydrogen-bond acceptors (Lipinski definition) is 7. The fourth-order valence-electron chi connectivity index (χ4n) is 4.75. The maximum absolute atomic E-state index is 15.0. The molecule has 10 heteroatoms. The van der Waals surface area contributed by atoms with E-state index in [1.165, 1.54) is 30.0 Å². The van der Waals surface area contributed by atoms with Crippen LogP contribution in [0.25, 0.3) is 27.9 Å². The van der Waals surface area contributed by atoms with Crippen LogP contribution in [0.4, 0.5) is 4.39 Å². The minimum Gasteiger partial charge on any atom is -0.306 e. The van der Waals surface area contributed by atoms with Gasteiger partial charge in [0.05, 0.1) is 29.2 Å². The molecule has 9 nitrogen and oxygen atoms in total. The van der Waals surface area contributed by atoms with Gasteiger partial charge in [0.2, 0.25) is 0 Å². The molecule has 192 valence electrons. The first-order valence-electron chi connectivity index (χ1n) is 12.3. The van der Waals surface area contributed by atoms with Crippen molar-refractivity contribution >= 4 is 35.5 Å². The summed E-state index contributed by atoms with van der Waals surface area (Å²) in [6.45, 7) is 3.40. The molecule has 0 aliphatic heterocycles. The smallest absolute Gasteiger partial charge is 0.259 e. The predicted octanol–water partition coefficient (Wildman–Crippen LogP) is 4.53. The SMILES string of the molecule is C=N/C(=C\C=N/C)NC(=O)c1ccc(-c2cnc3ncc(C4(c5ccc6ncccc6c5)CC4)n3n2)cc1F. The van der Waals surface area contributed by atoms with Gasteiger partial charge in [0.25, 0.3) is 11.7 Å². The molecule has 1 aliphatic carbocycles. The highest BCUT2D eigenvalue weighted by Gasteiger charge is 2.48. The number of fused-ring (bicyclic) bond motifs is 2. The van der Waals surface area contributed by atoms with Gasteiger partial charge in [0, 0.05) is 35.8 Å². The van der Waals surface area contributed by atoms with E-state index < -0.39 is 11.7 Å². The van der Waals surface area contributed by atoms with Crippen LogP contribution in [-0.2, 0) is 5.41 Å². The quantitative estimate of drug-likeness (QED) is 0.318. The molecule has 3 heterocycles. The molecule has 1 fully saturated rings. The van der Waals surface area contributed by atoms with E-state index >= 15 is 4.39 Å². The summed E-state index contributed by atoms with van der Waals surface area (Å²) in [5.41, 5.74) is 3.62. The lowest BCUT2D eigenvalue weighted by Crippen LogP contribution is -2.23. The van der Waals surface area contributed by atoms with Gasteiger partial charge in [0.1, 0.15) is 17.3 Å². The van der Waals surface area contributed by atoms with Gasteiger partial charge in [-0.3, -0.25) is 14.8 Å². The van der Waals surface area contributed by atoms with Crippen LogP contribution in [0.1, 0.15) is 34.5 Å². The van der Waals surface area contributed by atoms with Gasteiger partial charge in [0.15, 0.2) is 0 Å². The van der Waals surface area contributed by atoms with Crippen molar-refractivity contribution in [2.45, 2.75) is 18.3 Å². The molecule has 1 aliphatic rings. The number of hydrogen-bond donors (Lipinski definition) is 1. The molecule has 3 aromatic heterocycles. The minimum atomic E-state index is -0.700. The fourth-order valence-corrected chi connectivity index (χ4v) is 4.75. The first-order chi connectivity index (χ1) is 19.0. The van der Waals surface area contributed by atoms with Crippen LogP contribution in [0.5, 0.6) is 0 Å². The number of aliphatic imine (C=N–C) groups is 2. The lowest BCUT2D eigenvalue weighted by molar-refractivity contribution is 0.0961. The Hall–Kier alpha value is -5.12. The van der Waals surface area contributed by atoms with Gasteiger partial charge in [-0.15, -0.1) is 0 Å². The zero-order valence-electron chi connectivity index (χ0n) is 21.0. The van der Waals surface area contributed by atoms with E-state index in [0.717, 1.165) is 29.4 Å². The van der Waals surface area contributed by atoms with E-state index in [1.807, 2.05) is 18.3 Å². The summed E-state index contributed by atoms with van der Waals surface area (Å²) < 4.78 is 16.8.